The van der Waals surface area contributed by atoms with Gasteiger partial charge in [0.15, 0.2) is 0 Å². The fourth-order valence-corrected chi connectivity index (χ4v) is 5.18. The summed E-state index contributed by atoms with van der Waals surface area (Å²) in [5.41, 5.74) is 3.80. The van der Waals surface area contributed by atoms with Crippen LogP contribution < -0.4 is 14.5 Å². The van der Waals surface area contributed by atoms with Crippen molar-refractivity contribution in [2.24, 2.45) is 0 Å². The van der Waals surface area contributed by atoms with E-state index in [4.69, 9.17) is 0 Å². The third-order valence-corrected chi connectivity index (χ3v) is 7.05. The second-order valence-corrected chi connectivity index (χ2v) is 10.0. The highest BCUT2D eigenvalue weighted by molar-refractivity contribution is 7.92. The van der Waals surface area contributed by atoms with Gasteiger partial charge in [-0.05, 0) is 68.0 Å². The normalized spacial score (nSPS) is 15.4. The number of nitrogens with zero attached hydrogens (tertiary/aromatic N) is 2. The van der Waals surface area contributed by atoms with E-state index in [-0.39, 0.29) is 5.91 Å². The first-order valence-electron chi connectivity index (χ1n) is 11.0. The molecule has 168 valence electrons. The van der Waals surface area contributed by atoms with Crippen LogP contribution in [0, 0.1) is 0 Å². The van der Waals surface area contributed by atoms with E-state index in [1.165, 1.54) is 29.3 Å². The van der Waals surface area contributed by atoms with Crippen LogP contribution in [-0.4, -0.2) is 39.7 Å². The Labute approximate surface area is 186 Å². The smallest absolute Gasteiger partial charge is 0.243 e. The van der Waals surface area contributed by atoms with Crippen LogP contribution in [0.25, 0.3) is 0 Å². The summed E-state index contributed by atoms with van der Waals surface area (Å²) in [6.07, 6.45) is 5.75. The average Bonchev–Trinajstić information content (AvgIpc) is 2.78. The van der Waals surface area contributed by atoms with Crippen LogP contribution in [0.1, 0.15) is 44.2 Å². The Kier molecular flexibility index (Phi) is 7.59. The van der Waals surface area contributed by atoms with E-state index in [1.807, 2.05) is 31.2 Å². The molecule has 6 nitrogen and oxygen atoms in total. The van der Waals surface area contributed by atoms with Gasteiger partial charge in [0.1, 0.15) is 6.04 Å². The summed E-state index contributed by atoms with van der Waals surface area (Å²) < 4.78 is 26.1. The van der Waals surface area contributed by atoms with Crippen molar-refractivity contribution in [1.29, 1.82) is 0 Å². The Balaban J connectivity index is 1.64. The number of benzene rings is 2. The molecule has 0 saturated carbocycles. The first kappa shape index (κ1) is 23.1. The molecule has 0 aromatic heterocycles. The number of hydrogen-bond acceptors (Lipinski definition) is 4. The zero-order chi connectivity index (χ0) is 22.4. The standard InChI is InChI=1S/C24H33N3O3S/c1-4-20-8-14-23(15-9-20)27(31(3,29)30)19(2)24(28)25-18-21-10-12-22(13-11-21)26-16-6-5-7-17-26/h8-15,19H,4-7,16-18H2,1-3H3,(H,25,28). The summed E-state index contributed by atoms with van der Waals surface area (Å²) in [6.45, 7) is 6.19. The van der Waals surface area contributed by atoms with Crippen molar-refractivity contribution in [2.45, 2.75) is 52.1 Å². The van der Waals surface area contributed by atoms with Gasteiger partial charge in [-0.15, -0.1) is 0 Å². The van der Waals surface area contributed by atoms with E-state index < -0.39 is 16.1 Å². The molecule has 1 heterocycles. The van der Waals surface area contributed by atoms with Crippen LogP contribution in [0.2, 0.25) is 0 Å². The number of nitrogens with one attached hydrogen (secondary N) is 1. The maximum Gasteiger partial charge on any atom is 0.243 e. The van der Waals surface area contributed by atoms with Gasteiger partial charge in [0, 0.05) is 25.3 Å². The predicted octanol–water partition coefficient (Wildman–Crippen LogP) is 3.71. The summed E-state index contributed by atoms with van der Waals surface area (Å²) in [5.74, 6) is -0.329. The van der Waals surface area contributed by atoms with Gasteiger partial charge in [-0.25, -0.2) is 8.42 Å². The fourth-order valence-electron chi connectivity index (χ4n) is 4.00. The zero-order valence-corrected chi connectivity index (χ0v) is 19.5. The number of anilines is 2. The van der Waals surface area contributed by atoms with Gasteiger partial charge in [-0.2, -0.15) is 0 Å². The van der Waals surface area contributed by atoms with Crippen molar-refractivity contribution in [3.8, 4) is 0 Å². The van der Waals surface area contributed by atoms with E-state index in [0.717, 1.165) is 36.9 Å². The quantitative estimate of drug-likeness (QED) is 0.675. The Morgan fingerprint density at radius 2 is 1.58 bits per heavy atom. The summed E-state index contributed by atoms with van der Waals surface area (Å²) in [4.78, 5) is 15.2. The Morgan fingerprint density at radius 3 is 2.13 bits per heavy atom. The highest BCUT2D eigenvalue weighted by Crippen LogP contribution is 2.22. The molecular formula is C24H33N3O3S. The summed E-state index contributed by atoms with van der Waals surface area (Å²) in [5, 5.41) is 2.88. The molecule has 0 bridgehead atoms. The molecule has 1 atom stereocenters. The number of carbonyl (C=O) groups is 1. The molecule has 31 heavy (non-hydrogen) atoms. The molecule has 1 aliphatic heterocycles. The molecule has 0 radical (unpaired) electrons. The maximum atomic E-state index is 12.8. The van der Waals surface area contributed by atoms with Gasteiger partial charge in [0.25, 0.3) is 0 Å². The van der Waals surface area contributed by atoms with Crippen LogP contribution in [0.3, 0.4) is 0 Å². The lowest BCUT2D eigenvalue weighted by molar-refractivity contribution is -0.122. The van der Waals surface area contributed by atoms with Gasteiger partial charge < -0.3 is 10.2 Å². The maximum absolute atomic E-state index is 12.8. The second-order valence-electron chi connectivity index (χ2n) is 8.19. The van der Waals surface area contributed by atoms with Crippen molar-refractivity contribution < 1.29 is 13.2 Å². The lowest BCUT2D eigenvalue weighted by Gasteiger charge is -2.29. The number of aryl methyl sites for hydroxylation is 1. The largest absolute Gasteiger partial charge is 0.372 e. The molecule has 1 fully saturated rings. The molecule has 0 spiro atoms. The van der Waals surface area contributed by atoms with Gasteiger partial charge in [-0.3, -0.25) is 9.10 Å². The molecule has 1 amide bonds. The Morgan fingerprint density at radius 1 is 1.00 bits per heavy atom. The summed E-state index contributed by atoms with van der Waals surface area (Å²) in [7, 11) is -3.62. The lowest BCUT2D eigenvalue weighted by atomic mass is 10.1. The zero-order valence-electron chi connectivity index (χ0n) is 18.7. The monoisotopic (exact) mass is 443 g/mol. The molecular weight excluding hydrogens is 410 g/mol. The Bertz CT molecular complexity index is 966. The van der Waals surface area contributed by atoms with Crippen LogP contribution in [0.4, 0.5) is 11.4 Å². The minimum atomic E-state index is -3.62. The van der Waals surface area contributed by atoms with Crippen molar-refractivity contribution in [3.63, 3.8) is 0 Å². The van der Waals surface area contributed by atoms with E-state index in [0.29, 0.717) is 12.2 Å². The molecule has 1 aliphatic rings. The van der Waals surface area contributed by atoms with Gasteiger partial charge >= 0.3 is 0 Å². The Hall–Kier alpha value is -2.54. The number of piperidine rings is 1. The molecule has 2 aromatic carbocycles. The molecule has 3 rings (SSSR count). The highest BCUT2D eigenvalue weighted by Gasteiger charge is 2.29. The van der Waals surface area contributed by atoms with Crippen LogP contribution >= 0.6 is 0 Å². The first-order valence-corrected chi connectivity index (χ1v) is 12.8. The third-order valence-electron chi connectivity index (χ3n) is 5.81. The van der Waals surface area contributed by atoms with E-state index in [9.17, 15) is 13.2 Å². The van der Waals surface area contributed by atoms with Crippen LogP contribution in [0.15, 0.2) is 48.5 Å². The first-order chi connectivity index (χ1) is 14.8. The second kappa shape index (κ2) is 10.2. The van der Waals surface area contributed by atoms with Gasteiger partial charge in [0.05, 0.1) is 11.9 Å². The predicted molar refractivity (Wildman–Crippen MR) is 127 cm³/mol. The number of sulfonamides is 1. The number of rotatable bonds is 8. The minimum absolute atomic E-state index is 0.329. The molecule has 1 unspecified atom stereocenters. The van der Waals surface area contributed by atoms with E-state index in [2.05, 4.69) is 22.3 Å². The van der Waals surface area contributed by atoms with Crippen LogP contribution in [-0.2, 0) is 27.8 Å². The van der Waals surface area contributed by atoms with E-state index >= 15 is 0 Å². The fraction of sp³-hybridized carbons (Fsp3) is 0.458. The lowest BCUT2D eigenvalue weighted by Crippen LogP contribution is -2.47. The topological polar surface area (TPSA) is 69.7 Å². The van der Waals surface area contributed by atoms with Crippen molar-refractivity contribution >= 4 is 27.3 Å². The SMILES string of the molecule is CCc1ccc(N(C(C)C(=O)NCc2ccc(N3CCCCC3)cc2)S(C)(=O)=O)cc1. The molecule has 0 aliphatic carbocycles. The molecule has 7 heteroatoms. The van der Waals surface area contributed by atoms with E-state index in [1.54, 1.807) is 19.1 Å². The van der Waals surface area contributed by atoms with Crippen molar-refractivity contribution in [3.05, 3.63) is 59.7 Å². The minimum Gasteiger partial charge on any atom is -0.372 e. The van der Waals surface area contributed by atoms with Crippen molar-refractivity contribution in [2.75, 3.05) is 28.6 Å². The molecule has 1 N–H and O–H groups in total. The summed E-state index contributed by atoms with van der Waals surface area (Å²) >= 11 is 0. The van der Waals surface area contributed by atoms with Crippen molar-refractivity contribution in [1.82, 2.24) is 5.32 Å². The van der Waals surface area contributed by atoms with Gasteiger partial charge in [0.2, 0.25) is 15.9 Å². The third kappa shape index (κ3) is 6.00. The molecule has 1 saturated heterocycles. The summed E-state index contributed by atoms with van der Waals surface area (Å²) in [6, 6.07) is 14.7. The number of carbonyl (C=O) groups excluding carboxylic acids is 1. The van der Waals surface area contributed by atoms with Crippen LogP contribution in [0.5, 0.6) is 0 Å². The van der Waals surface area contributed by atoms with Gasteiger partial charge in [-0.1, -0.05) is 31.2 Å². The molecule has 2 aromatic rings. The number of hydrogen-bond donors (Lipinski definition) is 1. The number of amides is 1. The average molecular weight is 444 g/mol. The highest BCUT2D eigenvalue weighted by atomic mass is 32.2.